The maximum atomic E-state index is 8.60. The van der Waals surface area contributed by atoms with Crippen LogP contribution >= 0.6 is 0 Å². The van der Waals surface area contributed by atoms with Crippen molar-refractivity contribution in [1.82, 2.24) is 4.90 Å². The number of hydrogen-bond donors (Lipinski definition) is 2. The predicted molar refractivity (Wildman–Crippen MR) is 74.1 cm³/mol. The average Bonchev–Trinajstić information content (AvgIpc) is 2.46. The number of aliphatic hydroxyl groups is 1. The number of benzene rings is 1. The molecule has 0 saturated carbocycles. The van der Waals surface area contributed by atoms with Crippen molar-refractivity contribution in [3.8, 4) is 0 Å². The van der Waals surface area contributed by atoms with E-state index in [4.69, 9.17) is 15.6 Å². The van der Waals surface area contributed by atoms with E-state index in [0.717, 1.165) is 5.56 Å². The minimum atomic E-state index is -0.453. The molecule has 19 heavy (non-hydrogen) atoms. The van der Waals surface area contributed by atoms with Crippen LogP contribution in [0.2, 0.25) is 0 Å². The zero-order chi connectivity index (χ0) is 13.5. The number of ether oxygens (including phenoxy) is 1. The molecule has 0 amide bonds. The zero-order valence-electron chi connectivity index (χ0n) is 10.6. The molecule has 0 radical (unpaired) electrons. The number of aliphatic imine (C=N–C) groups is 2. The largest absolute Gasteiger partial charge is 0.394 e. The quantitative estimate of drug-likeness (QED) is 0.708. The van der Waals surface area contributed by atoms with E-state index in [-0.39, 0.29) is 6.61 Å². The van der Waals surface area contributed by atoms with Gasteiger partial charge in [-0.25, -0.2) is 9.98 Å². The second-order valence-electron chi connectivity index (χ2n) is 4.05. The highest BCUT2D eigenvalue weighted by molar-refractivity contribution is 6.03. The van der Waals surface area contributed by atoms with Gasteiger partial charge < -0.3 is 14.7 Å². The SMILES string of the molecule is NC1N=C(c2ccccc2)N=CN1CCOCCO. The van der Waals surface area contributed by atoms with Crippen LogP contribution in [0.3, 0.4) is 0 Å². The van der Waals surface area contributed by atoms with Crippen LogP contribution in [-0.4, -0.2) is 54.8 Å². The molecule has 6 nitrogen and oxygen atoms in total. The fourth-order valence-corrected chi connectivity index (χ4v) is 1.69. The fraction of sp³-hybridized carbons (Fsp3) is 0.385. The number of nitrogens with two attached hydrogens (primary N) is 1. The van der Waals surface area contributed by atoms with Gasteiger partial charge in [0.25, 0.3) is 0 Å². The Morgan fingerprint density at radius 3 is 2.74 bits per heavy atom. The molecule has 0 aromatic heterocycles. The van der Waals surface area contributed by atoms with Crippen molar-refractivity contribution in [3.63, 3.8) is 0 Å². The summed E-state index contributed by atoms with van der Waals surface area (Å²) in [5.74, 6) is 0.639. The first kappa shape index (κ1) is 13.7. The lowest BCUT2D eigenvalue weighted by Gasteiger charge is -2.26. The first-order valence-corrected chi connectivity index (χ1v) is 6.18. The normalized spacial score (nSPS) is 18.5. The lowest BCUT2D eigenvalue weighted by atomic mass is 10.2. The molecule has 0 aliphatic carbocycles. The average molecular weight is 262 g/mol. The number of aliphatic hydroxyl groups excluding tert-OH is 1. The molecule has 0 fully saturated rings. The maximum Gasteiger partial charge on any atom is 0.176 e. The van der Waals surface area contributed by atoms with Gasteiger partial charge in [-0.2, -0.15) is 0 Å². The Morgan fingerprint density at radius 1 is 1.26 bits per heavy atom. The summed E-state index contributed by atoms with van der Waals surface area (Å²) in [5, 5.41) is 8.60. The van der Waals surface area contributed by atoms with Crippen molar-refractivity contribution in [2.75, 3.05) is 26.4 Å². The predicted octanol–water partition coefficient (Wildman–Crippen LogP) is 0.0283. The van der Waals surface area contributed by atoms with E-state index in [1.54, 1.807) is 11.2 Å². The molecule has 1 aliphatic rings. The van der Waals surface area contributed by atoms with Crippen LogP contribution in [0.15, 0.2) is 40.3 Å². The Bertz CT molecular complexity index is 447. The van der Waals surface area contributed by atoms with Gasteiger partial charge in [0.1, 0.15) is 0 Å². The van der Waals surface area contributed by atoms with Crippen LogP contribution in [0.25, 0.3) is 0 Å². The summed E-state index contributed by atoms with van der Waals surface area (Å²) < 4.78 is 5.19. The number of hydrogen-bond acceptors (Lipinski definition) is 6. The van der Waals surface area contributed by atoms with Crippen LogP contribution in [0, 0.1) is 0 Å². The van der Waals surface area contributed by atoms with Gasteiger partial charge in [-0.05, 0) is 0 Å². The van der Waals surface area contributed by atoms with Crippen LogP contribution in [-0.2, 0) is 4.74 Å². The molecule has 1 heterocycles. The van der Waals surface area contributed by atoms with Gasteiger partial charge in [0.15, 0.2) is 12.1 Å². The van der Waals surface area contributed by atoms with Crippen molar-refractivity contribution in [3.05, 3.63) is 35.9 Å². The molecule has 0 saturated heterocycles. The standard InChI is InChI=1S/C13H18N4O2/c14-13-16-12(11-4-2-1-3-5-11)15-10-17(13)6-8-19-9-7-18/h1-5,10,13,18H,6-9,14H2. The fourth-order valence-electron chi connectivity index (χ4n) is 1.69. The monoisotopic (exact) mass is 262 g/mol. The Hall–Kier alpha value is -1.76. The summed E-state index contributed by atoms with van der Waals surface area (Å²) in [6.45, 7) is 1.43. The van der Waals surface area contributed by atoms with Gasteiger partial charge in [0.2, 0.25) is 0 Å². The third kappa shape index (κ3) is 3.85. The van der Waals surface area contributed by atoms with E-state index in [0.29, 0.717) is 25.6 Å². The molecule has 102 valence electrons. The van der Waals surface area contributed by atoms with E-state index < -0.39 is 6.29 Å². The highest BCUT2D eigenvalue weighted by atomic mass is 16.5. The van der Waals surface area contributed by atoms with Gasteiger partial charge in [-0.1, -0.05) is 30.3 Å². The first-order valence-electron chi connectivity index (χ1n) is 6.18. The minimum absolute atomic E-state index is 0.0243. The van der Waals surface area contributed by atoms with Gasteiger partial charge in [0.05, 0.1) is 26.2 Å². The van der Waals surface area contributed by atoms with E-state index in [2.05, 4.69) is 9.98 Å². The highest BCUT2D eigenvalue weighted by Crippen LogP contribution is 2.08. The second-order valence-corrected chi connectivity index (χ2v) is 4.05. The summed E-state index contributed by atoms with van der Waals surface area (Å²) >= 11 is 0. The lowest BCUT2D eigenvalue weighted by molar-refractivity contribution is 0.0804. The van der Waals surface area contributed by atoms with Gasteiger partial charge in [0, 0.05) is 12.1 Å². The van der Waals surface area contributed by atoms with Crippen molar-refractivity contribution in [2.24, 2.45) is 15.7 Å². The first-order chi connectivity index (χ1) is 9.31. The molecule has 2 rings (SSSR count). The lowest BCUT2D eigenvalue weighted by Crippen LogP contribution is -2.44. The van der Waals surface area contributed by atoms with Gasteiger partial charge in [-0.3, -0.25) is 5.73 Å². The Balaban J connectivity index is 1.91. The number of amidine groups is 1. The minimum Gasteiger partial charge on any atom is -0.394 e. The molecule has 6 heteroatoms. The number of nitrogens with zero attached hydrogens (tertiary/aromatic N) is 3. The Labute approximate surface area is 112 Å². The van der Waals surface area contributed by atoms with E-state index in [9.17, 15) is 0 Å². The molecule has 1 aliphatic heterocycles. The summed E-state index contributed by atoms with van der Waals surface area (Å²) in [6, 6.07) is 9.72. The van der Waals surface area contributed by atoms with E-state index >= 15 is 0 Å². The maximum absolute atomic E-state index is 8.60. The molecular weight excluding hydrogens is 244 g/mol. The summed E-state index contributed by atoms with van der Waals surface area (Å²) in [4.78, 5) is 10.4. The van der Waals surface area contributed by atoms with Crippen LogP contribution < -0.4 is 5.73 Å². The summed E-state index contributed by atoms with van der Waals surface area (Å²) in [6.07, 6.45) is 1.23. The molecular formula is C13H18N4O2. The molecule has 3 N–H and O–H groups in total. The van der Waals surface area contributed by atoms with Gasteiger partial charge in [-0.15, -0.1) is 0 Å². The molecule has 0 bridgehead atoms. The topological polar surface area (TPSA) is 83.4 Å². The summed E-state index contributed by atoms with van der Waals surface area (Å²) in [7, 11) is 0. The Morgan fingerprint density at radius 2 is 2.05 bits per heavy atom. The molecule has 1 aromatic rings. The van der Waals surface area contributed by atoms with Crippen molar-refractivity contribution in [2.45, 2.75) is 6.29 Å². The second kappa shape index (κ2) is 6.98. The summed E-state index contributed by atoms with van der Waals surface area (Å²) in [5.41, 5.74) is 6.91. The van der Waals surface area contributed by atoms with Crippen molar-refractivity contribution < 1.29 is 9.84 Å². The third-order valence-electron chi connectivity index (χ3n) is 2.68. The van der Waals surface area contributed by atoms with Gasteiger partial charge >= 0.3 is 0 Å². The van der Waals surface area contributed by atoms with E-state index in [1.807, 2.05) is 30.3 Å². The molecule has 1 aromatic carbocycles. The van der Waals surface area contributed by atoms with Crippen molar-refractivity contribution >= 4 is 12.2 Å². The zero-order valence-corrected chi connectivity index (χ0v) is 10.6. The smallest absolute Gasteiger partial charge is 0.176 e. The van der Waals surface area contributed by atoms with Crippen molar-refractivity contribution in [1.29, 1.82) is 0 Å². The van der Waals surface area contributed by atoms with E-state index in [1.165, 1.54) is 0 Å². The Kier molecular flexibility index (Phi) is 5.02. The molecule has 0 spiro atoms. The number of rotatable bonds is 6. The molecule has 1 unspecified atom stereocenters. The van der Waals surface area contributed by atoms with Crippen LogP contribution in [0.4, 0.5) is 0 Å². The molecule has 1 atom stereocenters. The third-order valence-corrected chi connectivity index (χ3v) is 2.68. The van der Waals surface area contributed by atoms with Crippen LogP contribution in [0.1, 0.15) is 5.56 Å². The highest BCUT2D eigenvalue weighted by Gasteiger charge is 2.16. The van der Waals surface area contributed by atoms with Crippen LogP contribution in [0.5, 0.6) is 0 Å².